The van der Waals surface area contributed by atoms with Crippen molar-refractivity contribution < 1.29 is 31.1 Å². The van der Waals surface area contributed by atoms with Crippen LogP contribution < -0.4 is 4.74 Å². The lowest BCUT2D eigenvalue weighted by Gasteiger charge is -2.15. The van der Waals surface area contributed by atoms with Gasteiger partial charge in [-0.3, -0.25) is 0 Å². The van der Waals surface area contributed by atoms with Gasteiger partial charge in [-0.15, -0.1) is 13.2 Å². The van der Waals surface area contributed by atoms with Crippen LogP contribution in [0.5, 0.6) is 5.88 Å². The Morgan fingerprint density at radius 1 is 1.22 bits per heavy atom. The first-order valence-electron chi connectivity index (χ1n) is 4.13. The fourth-order valence-electron chi connectivity index (χ4n) is 1.07. The molecule has 0 saturated heterocycles. The topological polar surface area (TPSA) is 22.1 Å². The van der Waals surface area contributed by atoms with Gasteiger partial charge >= 0.3 is 12.5 Å². The zero-order chi connectivity index (χ0) is 14.1. The first kappa shape index (κ1) is 15.8. The molecule has 0 aliphatic heterocycles. The molecule has 0 aromatic carbocycles. The van der Waals surface area contributed by atoms with Crippen molar-refractivity contribution in [3.63, 3.8) is 0 Å². The Labute approximate surface area is 119 Å². The molecule has 0 unspecified atom stereocenters. The smallest absolute Gasteiger partial charge is 0.388 e. The van der Waals surface area contributed by atoms with Crippen LogP contribution in [0.25, 0.3) is 0 Å². The summed E-state index contributed by atoms with van der Waals surface area (Å²) in [6.45, 7) is 0. The van der Waals surface area contributed by atoms with Crippen LogP contribution in [0.2, 0.25) is 0 Å². The molecule has 0 aliphatic rings. The van der Waals surface area contributed by atoms with Gasteiger partial charge in [-0.1, -0.05) is 15.9 Å². The number of rotatable bonds is 2. The summed E-state index contributed by atoms with van der Waals surface area (Å²) in [5.74, 6) is -1.14. The molecule has 0 saturated carbocycles. The van der Waals surface area contributed by atoms with E-state index in [-0.39, 0.29) is 20.7 Å². The monoisotopic (exact) mass is 449 g/mol. The van der Waals surface area contributed by atoms with Gasteiger partial charge in [0.15, 0.2) is 0 Å². The Bertz CT molecular complexity index is 446. The number of alkyl halides is 7. The van der Waals surface area contributed by atoms with Crippen LogP contribution in [0.1, 0.15) is 11.1 Å². The molecule has 2 nitrogen and oxygen atoms in total. The highest BCUT2D eigenvalue weighted by Gasteiger charge is 2.37. The predicted molar refractivity (Wildman–Crippen MR) is 61.3 cm³/mol. The standard InChI is InChI=1S/C8H3BrF6INO/c9-2-3-4(7(10,11)12)1-5(17-6(3)16)18-8(13,14)15/h1H,2H2. The van der Waals surface area contributed by atoms with E-state index in [9.17, 15) is 26.3 Å². The van der Waals surface area contributed by atoms with Crippen LogP contribution in [0.3, 0.4) is 0 Å². The summed E-state index contributed by atoms with van der Waals surface area (Å²) in [6, 6.07) is 0.228. The van der Waals surface area contributed by atoms with E-state index >= 15 is 0 Å². The predicted octanol–water partition coefficient (Wildman–Crippen LogP) is 4.50. The van der Waals surface area contributed by atoms with Crippen molar-refractivity contribution in [3.8, 4) is 5.88 Å². The third-order valence-corrected chi connectivity index (χ3v) is 3.16. The number of ether oxygens (including phenoxy) is 1. The highest BCUT2D eigenvalue weighted by atomic mass is 127. The number of hydrogen-bond donors (Lipinski definition) is 0. The van der Waals surface area contributed by atoms with E-state index in [1.807, 2.05) is 0 Å². The second-order valence-electron chi connectivity index (χ2n) is 2.96. The molecule has 0 aliphatic carbocycles. The van der Waals surface area contributed by atoms with Crippen molar-refractivity contribution in [3.05, 3.63) is 20.9 Å². The molecular formula is C8H3BrF6INO. The van der Waals surface area contributed by atoms with E-state index in [4.69, 9.17) is 0 Å². The molecule has 1 aromatic rings. The lowest BCUT2D eigenvalue weighted by molar-refractivity contribution is -0.276. The van der Waals surface area contributed by atoms with Gasteiger partial charge in [0.25, 0.3) is 0 Å². The quantitative estimate of drug-likeness (QED) is 0.287. The van der Waals surface area contributed by atoms with Crippen molar-refractivity contribution in [2.75, 3.05) is 0 Å². The maximum absolute atomic E-state index is 12.6. The first-order chi connectivity index (χ1) is 8.04. The summed E-state index contributed by atoms with van der Waals surface area (Å²) in [7, 11) is 0. The Morgan fingerprint density at radius 2 is 1.78 bits per heavy atom. The number of nitrogens with zero attached hydrogens (tertiary/aromatic N) is 1. The van der Waals surface area contributed by atoms with Gasteiger partial charge in [-0.05, 0) is 22.6 Å². The second-order valence-corrected chi connectivity index (χ2v) is 4.54. The largest absolute Gasteiger partial charge is 0.574 e. The zero-order valence-electron chi connectivity index (χ0n) is 8.16. The molecule has 1 aromatic heterocycles. The normalized spacial score (nSPS) is 12.7. The molecule has 0 atom stereocenters. The van der Waals surface area contributed by atoms with Crippen molar-refractivity contribution in [2.24, 2.45) is 0 Å². The number of halogens is 8. The average Bonchev–Trinajstić information content (AvgIpc) is 2.12. The number of pyridine rings is 1. The first-order valence-corrected chi connectivity index (χ1v) is 6.33. The fraction of sp³-hybridized carbons (Fsp3) is 0.375. The molecule has 1 rings (SSSR count). The lowest BCUT2D eigenvalue weighted by Crippen LogP contribution is -2.20. The molecular weight excluding hydrogens is 447 g/mol. The number of hydrogen-bond acceptors (Lipinski definition) is 2. The molecule has 0 spiro atoms. The summed E-state index contributed by atoms with van der Waals surface area (Å²) in [5, 5.41) is -0.181. The molecule has 0 fully saturated rings. The summed E-state index contributed by atoms with van der Waals surface area (Å²) in [5.41, 5.74) is -1.45. The molecule has 102 valence electrons. The molecule has 0 bridgehead atoms. The van der Waals surface area contributed by atoms with Gasteiger partial charge in [0, 0.05) is 17.0 Å². The summed E-state index contributed by atoms with van der Waals surface area (Å²) in [6.07, 6.45) is -9.87. The Kier molecular flexibility index (Phi) is 4.73. The van der Waals surface area contributed by atoms with E-state index in [2.05, 4.69) is 25.7 Å². The Hall–Kier alpha value is -0.260. The van der Waals surface area contributed by atoms with Gasteiger partial charge in [-0.2, -0.15) is 13.2 Å². The van der Waals surface area contributed by atoms with Crippen molar-refractivity contribution >= 4 is 38.5 Å². The van der Waals surface area contributed by atoms with Gasteiger partial charge in [-0.25, -0.2) is 4.98 Å². The zero-order valence-corrected chi connectivity index (χ0v) is 11.9. The van der Waals surface area contributed by atoms with E-state index < -0.39 is 24.0 Å². The molecule has 0 N–H and O–H groups in total. The molecule has 18 heavy (non-hydrogen) atoms. The molecule has 0 amide bonds. The SMILES string of the molecule is FC(F)(F)Oc1cc(C(F)(F)F)c(CBr)c(I)n1. The van der Waals surface area contributed by atoms with E-state index in [0.717, 1.165) is 0 Å². The van der Waals surface area contributed by atoms with E-state index in [1.165, 1.54) is 22.6 Å². The minimum Gasteiger partial charge on any atom is -0.388 e. The van der Waals surface area contributed by atoms with Gasteiger partial charge in [0.05, 0.1) is 5.56 Å². The van der Waals surface area contributed by atoms with Crippen molar-refractivity contribution in [2.45, 2.75) is 17.9 Å². The minimum absolute atomic E-state index is 0.181. The van der Waals surface area contributed by atoms with Crippen LogP contribution >= 0.6 is 38.5 Å². The van der Waals surface area contributed by atoms with Crippen LogP contribution in [0, 0.1) is 3.70 Å². The summed E-state index contributed by atoms with van der Waals surface area (Å²) < 4.78 is 76.9. The van der Waals surface area contributed by atoms with Crippen molar-refractivity contribution in [1.29, 1.82) is 0 Å². The van der Waals surface area contributed by atoms with Gasteiger partial charge < -0.3 is 4.74 Å². The van der Waals surface area contributed by atoms with Crippen LogP contribution in [-0.2, 0) is 11.5 Å². The molecule has 10 heteroatoms. The number of aromatic nitrogens is 1. The summed E-state index contributed by atoms with van der Waals surface area (Å²) >= 11 is 4.24. The van der Waals surface area contributed by atoms with Crippen LogP contribution in [-0.4, -0.2) is 11.3 Å². The van der Waals surface area contributed by atoms with E-state index in [1.54, 1.807) is 0 Å². The minimum atomic E-state index is -5.09. The Balaban J connectivity index is 3.31. The van der Waals surface area contributed by atoms with E-state index in [0.29, 0.717) is 0 Å². The average molecular weight is 450 g/mol. The highest BCUT2D eigenvalue weighted by Crippen LogP contribution is 2.37. The molecule has 1 heterocycles. The third-order valence-electron chi connectivity index (χ3n) is 1.71. The van der Waals surface area contributed by atoms with Crippen molar-refractivity contribution in [1.82, 2.24) is 4.98 Å². The van der Waals surface area contributed by atoms with Gasteiger partial charge in [0.1, 0.15) is 3.70 Å². The highest BCUT2D eigenvalue weighted by molar-refractivity contribution is 14.1. The lowest BCUT2D eigenvalue weighted by atomic mass is 10.1. The van der Waals surface area contributed by atoms with Gasteiger partial charge in [0.2, 0.25) is 5.88 Å². The summed E-state index contributed by atoms with van der Waals surface area (Å²) in [4.78, 5) is 3.32. The fourth-order valence-corrected chi connectivity index (χ4v) is 2.88. The maximum Gasteiger partial charge on any atom is 0.574 e. The molecule has 0 radical (unpaired) electrons. The van der Waals surface area contributed by atoms with Crippen LogP contribution in [0.15, 0.2) is 6.07 Å². The second kappa shape index (κ2) is 5.39. The Morgan fingerprint density at radius 3 is 2.17 bits per heavy atom. The maximum atomic E-state index is 12.6. The van der Waals surface area contributed by atoms with Crippen LogP contribution in [0.4, 0.5) is 26.3 Å². The third kappa shape index (κ3) is 4.14.